The summed E-state index contributed by atoms with van der Waals surface area (Å²) in [4.78, 5) is 24.7. The van der Waals surface area contributed by atoms with Crippen LogP contribution in [0.5, 0.6) is 0 Å². The highest BCUT2D eigenvalue weighted by atomic mass is 19.4. The van der Waals surface area contributed by atoms with Gasteiger partial charge in [-0.1, -0.05) is 0 Å². The number of nitrogens with zero attached hydrogens (tertiary/aromatic N) is 1. The quantitative estimate of drug-likeness (QED) is 0.793. The molecule has 1 aromatic rings. The first-order chi connectivity index (χ1) is 7.23. The highest BCUT2D eigenvalue weighted by molar-refractivity contribution is 6.03. The number of rotatable bonds is 2. The summed E-state index contributed by atoms with van der Waals surface area (Å²) in [6, 6.07) is 0.485. The molecule has 0 unspecified atom stereocenters. The number of carbonyl (C=O) groups excluding carboxylic acids is 1. The molecule has 0 aromatic carbocycles. The number of ketones is 1. The minimum Gasteiger partial charge on any atom is -0.476 e. The van der Waals surface area contributed by atoms with Crippen LogP contribution in [0, 0.1) is 0 Å². The van der Waals surface area contributed by atoms with Gasteiger partial charge in [0.2, 0.25) is 0 Å². The smallest absolute Gasteiger partial charge is 0.417 e. The van der Waals surface area contributed by atoms with E-state index in [1.165, 1.54) is 0 Å². The van der Waals surface area contributed by atoms with E-state index >= 15 is 0 Å². The normalized spacial score (nSPS) is 11.2. The molecular weight excluding hydrogens is 227 g/mol. The van der Waals surface area contributed by atoms with E-state index in [1.807, 2.05) is 0 Å². The van der Waals surface area contributed by atoms with E-state index in [0.717, 1.165) is 6.92 Å². The average molecular weight is 233 g/mol. The molecule has 0 amide bonds. The first-order valence-corrected chi connectivity index (χ1v) is 4.05. The van der Waals surface area contributed by atoms with E-state index in [0.29, 0.717) is 12.3 Å². The van der Waals surface area contributed by atoms with Crippen LogP contribution in [0.4, 0.5) is 13.2 Å². The second-order valence-electron chi connectivity index (χ2n) is 2.98. The van der Waals surface area contributed by atoms with Gasteiger partial charge >= 0.3 is 12.1 Å². The van der Waals surface area contributed by atoms with Crippen LogP contribution >= 0.6 is 0 Å². The molecule has 0 spiro atoms. The highest BCUT2D eigenvalue weighted by Gasteiger charge is 2.32. The predicted molar refractivity (Wildman–Crippen MR) is 46.2 cm³/mol. The molecule has 0 fully saturated rings. The van der Waals surface area contributed by atoms with E-state index in [1.54, 1.807) is 0 Å². The van der Waals surface area contributed by atoms with Crippen LogP contribution in [0.1, 0.15) is 33.3 Å². The molecule has 0 radical (unpaired) electrons. The first-order valence-electron chi connectivity index (χ1n) is 4.05. The lowest BCUT2D eigenvalue weighted by atomic mass is 10.1. The number of Topliss-reactive ketones (excluding diaryl/α,β-unsaturated/α-hetero) is 1. The minimum absolute atomic E-state index is 0.385. The third-order valence-corrected chi connectivity index (χ3v) is 1.80. The molecule has 1 heterocycles. The molecule has 86 valence electrons. The highest BCUT2D eigenvalue weighted by Crippen LogP contribution is 2.29. The second-order valence-corrected chi connectivity index (χ2v) is 2.98. The Morgan fingerprint density at radius 2 is 1.94 bits per heavy atom. The maximum atomic E-state index is 12.3. The maximum absolute atomic E-state index is 12.3. The molecule has 0 aliphatic carbocycles. The Morgan fingerprint density at radius 3 is 2.31 bits per heavy atom. The number of pyridine rings is 1. The van der Waals surface area contributed by atoms with E-state index in [-0.39, 0.29) is 0 Å². The van der Waals surface area contributed by atoms with E-state index in [2.05, 4.69) is 4.98 Å². The van der Waals surface area contributed by atoms with Crippen LogP contribution in [0.3, 0.4) is 0 Å². The molecule has 1 aromatic heterocycles. The standard InChI is InChI=1S/C9H6F3NO3/c1-4(14)6-2-5(9(10,11)12)3-13-7(6)8(15)16/h2-3H,1H3,(H,15,16). The van der Waals surface area contributed by atoms with Gasteiger partial charge in [-0.3, -0.25) is 4.79 Å². The summed E-state index contributed by atoms with van der Waals surface area (Å²) in [5.74, 6) is -2.32. The predicted octanol–water partition coefficient (Wildman–Crippen LogP) is 2.00. The van der Waals surface area contributed by atoms with Gasteiger partial charge in [0.05, 0.1) is 11.1 Å². The van der Waals surface area contributed by atoms with Gasteiger partial charge in [0.15, 0.2) is 11.5 Å². The Bertz CT molecular complexity index is 454. The van der Waals surface area contributed by atoms with Gasteiger partial charge in [-0.25, -0.2) is 9.78 Å². The van der Waals surface area contributed by atoms with Crippen molar-refractivity contribution < 1.29 is 27.9 Å². The molecule has 16 heavy (non-hydrogen) atoms. The third-order valence-electron chi connectivity index (χ3n) is 1.80. The van der Waals surface area contributed by atoms with Crippen molar-refractivity contribution in [2.24, 2.45) is 0 Å². The monoisotopic (exact) mass is 233 g/mol. The van der Waals surface area contributed by atoms with Crippen molar-refractivity contribution in [1.29, 1.82) is 0 Å². The SMILES string of the molecule is CC(=O)c1cc(C(F)(F)F)cnc1C(=O)O. The third kappa shape index (κ3) is 2.36. The van der Waals surface area contributed by atoms with Gasteiger partial charge in [-0.2, -0.15) is 13.2 Å². The van der Waals surface area contributed by atoms with Gasteiger partial charge < -0.3 is 5.11 Å². The summed E-state index contributed by atoms with van der Waals surface area (Å²) in [6.45, 7) is 0.976. The first kappa shape index (κ1) is 12.2. The lowest BCUT2D eigenvalue weighted by molar-refractivity contribution is -0.137. The molecule has 0 saturated carbocycles. The molecule has 4 nitrogen and oxygen atoms in total. The number of carboxylic acid groups (broad SMARTS) is 1. The summed E-state index contributed by atoms with van der Waals surface area (Å²) in [5.41, 5.74) is -2.38. The number of halogens is 3. The molecular formula is C9H6F3NO3. The molecule has 1 rings (SSSR count). The van der Waals surface area contributed by atoms with Crippen molar-refractivity contribution in [3.63, 3.8) is 0 Å². The number of hydrogen-bond acceptors (Lipinski definition) is 3. The van der Waals surface area contributed by atoms with Crippen molar-refractivity contribution in [1.82, 2.24) is 4.98 Å². The molecule has 0 saturated heterocycles. The van der Waals surface area contributed by atoms with E-state index < -0.39 is 34.7 Å². The lowest BCUT2D eigenvalue weighted by Crippen LogP contribution is -2.13. The minimum atomic E-state index is -4.66. The number of aromatic carboxylic acids is 1. The van der Waals surface area contributed by atoms with E-state index in [9.17, 15) is 22.8 Å². The molecule has 0 aliphatic heterocycles. The summed E-state index contributed by atoms with van der Waals surface area (Å²) in [6.07, 6.45) is -4.27. The van der Waals surface area contributed by atoms with Crippen molar-refractivity contribution in [3.8, 4) is 0 Å². The zero-order valence-corrected chi connectivity index (χ0v) is 8.00. The maximum Gasteiger partial charge on any atom is 0.417 e. The summed E-state index contributed by atoms with van der Waals surface area (Å²) in [7, 11) is 0. The number of carboxylic acids is 1. The summed E-state index contributed by atoms with van der Waals surface area (Å²) in [5, 5.41) is 8.61. The largest absolute Gasteiger partial charge is 0.476 e. The Hall–Kier alpha value is -1.92. The molecule has 7 heteroatoms. The van der Waals surface area contributed by atoms with Gasteiger partial charge in [-0.05, 0) is 13.0 Å². The lowest BCUT2D eigenvalue weighted by Gasteiger charge is -2.08. The topological polar surface area (TPSA) is 67.3 Å². The number of carbonyl (C=O) groups is 2. The van der Waals surface area contributed by atoms with Crippen molar-refractivity contribution in [2.45, 2.75) is 13.1 Å². The van der Waals surface area contributed by atoms with Gasteiger partial charge in [0, 0.05) is 6.20 Å². The Balaban J connectivity index is 3.40. The number of hydrogen-bond donors (Lipinski definition) is 1. The van der Waals surface area contributed by atoms with Crippen LogP contribution in [0.25, 0.3) is 0 Å². The van der Waals surface area contributed by atoms with Crippen molar-refractivity contribution in [3.05, 3.63) is 29.1 Å². The Labute approximate surface area is 87.7 Å². The zero-order chi connectivity index (χ0) is 12.5. The Morgan fingerprint density at radius 1 is 1.38 bits per heavy atom. The second kappa shape index (κ2) is 3.92. The van der Waals surface area contributed by atoms with Crippen molar-refractivity contribution >= 4 is 11.8 Å². The summed E-state index contributed by atoms with van der Waals surface area (Å²) >= 11 is 0. The molecule has 0 bridgehead atoms. The fourth-order valence-electron chi connectivity index (χ4n) is 1.06. The van der Waals surface area contributed by atoms with Gasteiger partial charge in [0.25, 0.3) is 0 Å². The van der Waals surface area contributed by atoms with Crippen LogP contribution < -0.4 is 0 Å². The van der Waals surface area contributed by atoms with Gasteiger partial charge in [-0.15, -0.1) is 0 Å². The average Bonchev–Trinajstić information content (AvgIpc) is 2.15. The van der Waals surface area contributed by atoms with Crippen molar-refractivity contribution in [2.75, 3.05) is 0 Å². The Kier molecular flexibility index (Phi) is 2.97. The summed E-state index contributed by atoms with van der Waals surface area (Å²) < 4.78 is 36.8. The fourth-order valence-corrected chi connectivity index (χ4v) is 1.06. The van der Waals surface area contributed by atoms with Crippen LogP contribution in [-0.4, -0.2) is 21.8 Å². The van der Waals surface area contributed by atoms with Crippen LogP contribution in [0.2, 0.25) is 0 Å². The van der Waals surface area contributed by atoms with Crippen LogP contribution in [-0.2, 0) is 6.18 Å². The number of aromatic nitrogens is 1. The van der Waals surface area contributed by atoms with Gasteiger partial charge in [0.1, 0.15) is 0 Å². The molecule has 0 aliphatic rings. The molecule has 0 atom stereocenters. The van der Waals surface area contributed by atoms with E-state index in [4.69, 9.17) is 5.11 Å². The number of alkyl halides is 3. The van der Waals surface area contributed by atoms with Crippen LogP contribution in [0.15, 0.2) is 12.3 Å². The fraction of sp³-hybridized carbons (Fsp3) is 0.222. The zero-order valence-electron chi connectivity index (χ0n) is 8.00. The molecule has 1 N–H and O–H groups in total.